The maximum absolute atomic E-state index is 12.1. The summed E-state index contributed by atoms with van der Waals surface area (Å²) >= 11 is 3.23. The molecule has 6 nitrogen and oxygen atoms in total. The summed E-state index contributed by atoms with van der Waals surface area (Å²) in [6, 6.07) is 12.8. The Morgan fingerprint density at radius 2 is 1.89 bits per heavy atom. The number of sulfonamides is 1. The van der Waals surface area contributed by atoms with Crippen LogP contribution in [0.15, 0.2) is 46.8 Å². The predicted molar refractivity (Wildman–Crippen MR) is 115 cm³/mol. The number of ether oxygens (including phenoxy) is 2. The van der Waals surface area contributed by atoms with Gasteiger partial charge in [0, 0.05) is 5.75 Å². The molecule has 1 aromatic heterocycles. The largest absolute Gasteiger partial charge is 0.497 e. The lowest BCUT2D eigenvalue weighted by Crippen LogP contribution is -2.22. The number of rotatable bonds is 9. The van der Waals surface area contributed by atoms with Crippen molar-refractivity contribution in [3.63, 3.8) is 0 Å². The monoisotopic (exact) mass is 438 g/mol. The van der Waals surface area contributed by atoms with E-state index in [0.29, 0.717) is 24.2 Å². The van der Waals surface area contributed by atoms with Gasteiger partial charge in [0.05, 0.1) is 24.4 Å². The van der Waals surface area contributed by atoms with E-state index < -0.39 is 15.3 Å². The first-order valence-corrected chi connectivity index (χ1v) is 12.0. The quantitative estimate of drug-likeness (QED) is 0.397. The molecule has 28 heavy (non-hydrogen) atoms. The molecule has 1 heterocycles. The normalized spacial score (nSPS) is 12.8. The van der Waals surface area contributed by atoms with Gasteiger partial charge in [-0.1, -0.05) is 23.9 Å². The van der Waals surface area contributed by atoms with E-state index in [-0.39, 0.29) is 0 Å². The minimum absolute atomic E-state index is 0.442. The van der Waals surface area contributed by atoms with Gasteiger partial charge in [0.15, 0.2) is 4.34 Å². The Labute approximate surface area is 173 Å². The molecular weight excluding hydrogens is 416 g/mol. The summed E-state index contributed by atoms with van der Waals surface area (Å²) in [5.74, 6) is 2.18. The molecule has 0 aliphatic rings. The molecular formula is C19H22N2O4S3. The molecule has 0 aliphatic heterocycles. The maximum atomic E-state index is 12.1. The zero-order chi connectivity index (χ0) is 20.1. The SMILES string of the molecule is COc1cccc(C(CCCSc2nc3ccc(OC)cc3s2)S(N)(=O)=O)c1. The second kappa shape index (κ2) is 9.13. The van der Waals surface area contributed by atoms with Crippen LogP contribution in [0.2, 0.25) is 0 Å². The maximum Gasteiger partial charge on any atom is 0.216 e. The molecule has 1 atom stereocenters. The number of primary sulfonamides is 1. The minimum atomic E-state index is -3.71. The van der Waals surface area contributed by atoms with Crippen molar-refractivity contribution in [3.8, 4) is 11.5 Å². The van der Waals surface area contributed by atoms with Crippen LogP contribution in [0, 0.1) is 0 Å². The van der Waals surface area contributed by atoms with Gasteiger partial charge in [-0.25, -0.2) is 18.5 Å². The van der Waals surface area contributed by atoms with Crippen molar-refractivity contribution < 1.29 is 17.9 Å². The molecule has 2 N–H and O–H groups in total. The summed E-state index contributed by atoms with van der Waals surface area (Å²) < 4.78 is 36.6. The van der Waals surface area contributed by atoms with Gasteiger partial charge in [-0.3, -0.25) is 0 Å². The lowest BCUT2D eigenvalue weighted by atomic mass is 10.1. The Balaban J connectivity index is 1.63. The molecule has 0 saturated carbocycles. The standard InChI is InChI=1S/C19H22N2O4S3/c1-24-14-6-3-5-13(11-14)18(28(20,22)23)7-4-10-26-19-21-16-9-8-15(25-2)12-17(16)27-19/h3,5-6,8-9,11-12,18H,4,7,10H2,1-2H3,(H2,20,22,23). The molecule has 9 heteroatoms. The smallest absolute Gasteiger partial charge is 0.216 e. The molecule has 1 unspecified atom stereocenters. The highest BCUT2D eigenvalue weighted by Gasteiger charge is 2.23. The fourth-order valence-electron chi connectivity index (χ4n) is 2.86. The Hall–Kier alpha value is -1.81. The van der Waals surface area contributed by atoms with Crippen LogP contribution >= 0.6 is 23.1 Å². The molecule has 0 fully saturated rings. The molecule has 0 radical (unpaired) electrons. The summed E-state index contributed by atoms with van der Waals surface area (Å²) in [4.78, 5) is 4.60. The third-order valence-corrected chi connectivity index (χ3v) is 7.82. The van der Waals surface area contributed by atoms with Crippen molar-refractivity contribution in [2.24, 2.45) is 5.14 Å². The number of hydrogen-bond donors (Lipinski definition) is 1. The van der Waals surface area contributed by atoms with Gasteiger partial charge in [-0.05, 0) is 48.7 Å². The van der Waals surface area contributed by atoms with Crippen LogP contribution in [0.4, 0.5) is 0 Å². The second-order valence-electron chi connectivity index (χ2n) is 6.16. The zero-order valence-electron chi connectivity index (χ0n) is 15.6. The molecule has 2 aromatic carbocycles. The van der Waals surface area contributed by atoms with E-state index in [4.69, 9.17) is 14.6 Å². The minimum Gasteiger partial charge on any atom is -0.497 e. The van der Waals surface area contributed by atoms with E-state index in [0.717, 1.165) is 26.1 Å². The molecule has 3 aromatic rings. The first kappa shape index (κ1) is 20.9. The van der Waals surface area contributed by atoms with E-state index in [2.05, 4.69) is 4.98 Å². The van der Waals surface area contributed by atoms with E-state index >= 15 is 0 Å². The summed E-state index contributed by atoms with van der Waals surface area (Å²) in [5.41, 5.74) is 1.59. The number of hydrogen-bond acceptors (Lipinski definition) is 7. The topological polar surface area (TPSA) is 91.5 Å². The summed E-state index contributed by atoms with van der Waals surface area (Å²) in [6.07, 6.45) is 1.14. The summed E-state index contributed by atoms with van der Waals surface area (Å²) in [5, 5.41) is 4.73. The van der Waals surface area contributed by atoms with Crippen molar-refractivity contribution in [1.29, 1.82) is 0 Å². The predicted octanol–water partition coefficient (Wildman–Crippen LogP) is 4.22. The molecule has 3 rings (SSSR count). The van der Waals surface area contributed by atoms with E-state index in [1.807, 2.05) is 18.2 Å². The number of nitrogens with two attached hydrogens (primary N) is 1. The first-order chi connectivity index (χ1) is 13.4. The van der Waals surface area contributed by atoms with Crippen LogP contribution in [0.25, 0.3) is 10.2 Å². The fourth-order valence-corrected chi connectivity index (χ4v) is 6.01. The van der Waals surface area contributed by atoms with E-state index in [1.54, 1.807) is 61.6 Å². The van der Waals surface area contributed by atoms with Crippen LogP contribution in [-0.2, 0) is 10.0 Å². The number of thioether (sulfide) groups is 1. The zero-order valence-corrected chi connectivity index (χ0v) is 18.1. The lowest BCUT2D eigenvalue weighted by Gasteiger charge is -2.15. The molecule has 150 valence electrons. The molecule has 0 spiro atoms. The first-order valence-electron chi connectivity index (χ1n) is 8.63. The average molecular weight is 439 g/mol. The van der Waals surface area contributed by atoms with Gasteiger partial charge >= 0.3 is 0 Å². The highest BCUT2D eigenvalue weighted by Crippen LogP contribution is 2.34. The molecule has 0 aliphatic carbocycles. The number of fused-ring (bicyclic) bond motifs is 1. The van der Waals surface area contributed by atoms with Crippen molar-refractivity contribution in [2.75, 3.05) is 20.0 Å². The third-order valence-electron chi connectivity index (χ3n) is 4.27. The average Bonchev–Trinajstić information content (AvgIpc) is 3.08. The van der Waals surface area contributed by atoms with Crippen molar-refractivity contribution in [1.82, 2.24) is 4.98 Å². The summed E-state index contributed by atoms with van der Waals surface area (Å²) in [7, 11) is -0.516. The van der Waals surface area contributed by atoms with Gasteiger partial charge in [-0.15, -0.1) is 11.3 Å². The number of aromatic nitrogens is 1. The van der Waals surface area contributed by atoms with Gasteiger partial charge in [0.25, 0.3) is 0 Å². The van der Waals surface area contributed by atoms with Gasteiger partial charge < -0.3 is 9.47 Å². The van der Waals surface area contributed by atoms with Gasteiger partial charge in [-0.2, -0.15) is 0 Å². The molecule has 0 bridgehead atoms. The van der Waals surface area contributed by atoms with Crippen molar-refractivity contribution in [3.05, 3.63) is 48.0 Å². The fraction of sp³-hybridized carbons (Fsp3) is 0.316. The lowest BCUT2D eigenvalue weighted by molar-refractivity contribution is 0.414. The Kier molecular flexibility index (Phi) is 6.82. The third kappa shape index (κ3) is 5.16. The van der Waals surface area contributed by atoms with Crippen LogP contribution < -0.4 is 14.6 Å². The van der Waals surface area contributed by atoms with Gasteiger partial charge in [0.1, 0.15) is 16.7 Å². The number of benzene rings is 2. The van der Waals surface area contributed by atoms with Crippen molar-refractivity contribution in [2.45, 2.75) is 22.4 Å². The Bertz CT molecular complexity index is 1050. The van der Waals surface area contributed by atoms with Crippen LogP contribution in [0.3, 0.4) is 0 Å². The van der Waals surface area contributed by atoms with Crippen LogP contribution in [-0.4, -0.2) is 33.4 Å². The second-order valence-corrected chi connectivity index (χ2v) is 10.3. The van der Waals surface area contributed by atoms with Crippen LogP contribution in [0.1, 0.15) is 23.7 Å². The van der Waals surface area contributed by atoms with E-state index in [9.17, 15) is 8.42 Å². The highest BCUT2D eigenvalue weighted by molar-refractivity contribution is 8.01. The summed E-state index contributed by atoms with van der Waals surface area (Å²) in [6.45, 7) is 0. The number of thiazole rings is 1. The Morgan fingerprint density at radius 1 is 1.14 bits per heavy atom. The van der Waals surface area contributed by atoms with Crippen LogP contribution in [0.5, 0.6) is 11.5 Å². The number of nitrogens with zero attached hydrogens (tertiary/aromatic N) is 1. The molecule has 0 amide bonds. The number of methoxy groups -OCH3 is 2. The highest BCUT2D eigenvalue weighted by atomic mass is 32.2. The van der Waals surface area contributed by atoms with Crippen molar-refractivity contribution >= 4 is 43.3 Å². The molecule has 0 saturated heterocycles. The van der Waals surface area contributed by atoms with E-state index in [1.165, 1.54) is 0 Å². The Morgan fingerprint density at radius 3 is 2.61 bits per heavy atom. The van der Waals surface area contributed by atoms with Gasteiger partial charge in [0.2, 0.25) is 10.0 Å².